The molecule has 0 heterocycles. The van der Waals surface area contributed by atoms with Crippen LogP contribution in [0.4, 0.5) is 0 Å². The number of nitrogens with two attached hydrogens (primary N) is 2. The zero-order chi connectivity index (χ0) is 12.6. The molecule has 4 N–H and O–H groups in total. The van der Waals surface area contributed by atoms with Gasteiger partial charge in [-0.05, 0) is 43.2 Å². The molecule has 0 bridgehead atoms. The first-order valence-corrected chi connectivity index (χ1v) is 6.35. The molecule has 0 unspecified atom stereocenters. The highest BCUT2D eigenvalue weighted by molar-refractivity contribution is 5.28. The van der Waals surface area contributed by atoms with Gasteiger partial charge in [0.15, 0.2) is 0 Å². The molecule has 0 aliphatic carbocycles. The number of hydrogen-bond acceptors (Lipinski definition) is 2. The van der Waals surface area contributed by atoms with Crippen LogP contribution in [0.2, 0.25) is 0 Å². The predicted octanol–water partition coefficient (Wildman–Crippen LogP) is 3.20. The van der Waals surface area contributed by atoms with Crippen molar-refractivity contribution in [2.24, 2.45) is 23.3 Å². The minimum atomic E-state index is 0.505. The minimum Gasteiger partial charge on any atom is -0.399 e. The quantitative estimate of drug-likeness (QED) is 0.515. The Morgan fingerprint density at radius 2 is 1.56 bits per heavy atom. The summed E-state index contributed by atoms with van der Waals surface area (Å²) in [5.41, 5.74) is 13.9. The molecule has 0 radical (unpaired) electrons. The molecule has 94 valence electrons. The topological polar surface area (TPSA) is 52.0 Å². The van der Waals surface area contributed by atoms with Gasteiger partial charge in [0.1, 0.15) is 0 Å². The lowest BCUT2D eigenvalue weighted by atomic mass is 9.99. The Hall–Kier alpha value is -0.760. The van der Waals surface area contributed by atoms with E-state index in [-0.39, 0.29) is 0 Å². The van der Waals surface area contributed by atoms with Gasteiger partial charge in [-0.25, -0.2) is 0 Å². The lowest BCUT2D eigenvalue weighted by Crippen LogP contribution is -2.06. The van der Waals surface area contributed by atoms with Crippen LogP contribution in [0.1, 0.15) is 47.0 Å². The van der Waals surface area contributed by atoms with Crippen molar-refractivity contribution in [2.45, 2.75) is 47.0 Å². The smallest absolute Gasteiger partial charge is 0.0305 e. The predicted molar refractivity (Wildman–Crippen MR) is 72.9 cm³/mol. The molecule has 0 atom stereocenters. The highest BCUT2D eigenvalue weighted by Gasteiger charge is 2.03. The highest BCUT2D eigenvalue weighted by Crippen LogP contribution is 2.17. The van der Waals surface area contributed by atoms with Gasteiger partial charge in [-0.1, -0.05) is 39.8 Å². The maximum atomic E-state index is 6.11. The van der Waals surface area contributed by atoms with Crippen molar-refractivity contribution in [1.29, 1.82) is 0 Å². The van der Waals surface area contributed by atoms with Gasteiger partial charge in [-0.3, -0.25) is 0 Å². The Labute approximate surface area is 101 Å². The van der Waals surface area contributed by atoms with Crippen LogP contribution >= 0.6 is 0 Å². The standard InChI is InChI=1S/C14H28N2/c1-11(2)9-13(7-5-6-8-15)14(16)10-12(3)4/h9-12H,5-8,15-16H2,1-4H3. The Kier molecular flexibility index (Phi) is 8.00. The fraction of sp³-hybridized carbons (Fsp3) is 0.714. The van der Waals surface area contributed by atoms with Crippen molar-refractivity contribution in [1.82, 2.24) is 0 Å². The van der Waals surface area contributed by atoms with E-state index in [0.717, 1.165) is 31.5 Å². The summed E-state index contributed by atoms with van der Waals surface area (Å²) in [6.45, 7) is 9.44. The van der Waals surface area contributed by atoms with E-state index in [0.29, 0.717) is 11.8 Å². The molecular formula is C14H28N2. The van der Waals surface area contributed by atoms with E-state index < -0.39 is 0 Å². The summed E-state index contributed by atoms with van der Waals surface area (Å²) < 4.78 is 0. The molecule has 0 amide bonds. The van der Waals surface area contributed by atoms with Crippen LogP contribution in [-0.2, 0) is 0 Å². The van der Waals surface area contributed by atoms with Crippen molar-refractivity contribution >= 4 is 0 Å². The zero-order valence-electron chi connectivity index (χ0n) is 11.3. The molecule has 0 rings (SSSR count). The third kappa shape index (κ3) is 7.52. The second kappa shape index (κ2) is 8.40. The lowest BCUT2D eigenvalue weighted by Gasteiger charge is -2.11. The van der Waals surface area contributed by atoms with Crippen molar-refractivity contribution in [3.05, 3.63) is 23.4 Å². The molecule has 0 aromatic heterocycles. The lowest BCUT2D eigenvalue weighted by molar-refractivity contribution is 0.724. The molecule has 0 aliphatic heterocycles. The van der Waals surface area contributed by atoms with Gasteiger partial charge in [0.2, 0.25) is 0 Å². The van der Waals surface area contributed by atoms with Gasteiger partial charge in [-0.2, -0.15) is 0 Å². The fourth-order valence-corrected chi connectivity index (χ4v) is 1.65. The average molecular weight is 224 g/mol. The molecular weight excluding hydrogens is 196 g/mol. The first-order chi connectivity index (χ1) is 7.47. The van der Waals surface area contributed by atoms with Crippen LogP contribution in [0.3, 0.4) is 0 Å². The van der Waals surface area contributed by atoms with Crippen LogP contribution in [0.25, 0.3) is 0 Å². The highest BCUT2D eigenvalue weighted by atomic mass is 14.6. The Balaban J connectivity index is 4.55. The van der Waals surface area contributed by atoms with Gasteiger partial charge in [-0.15, -0.1) is 0 Å². The minimum absolute atomic E-state index is 0.505. The van der Waals surface area contributed by atoms with Crippen LogP contribution in [0, 0.1) is 11.8 Å². The number of rotatable bonds is 7. The monoisotopic (exact) mass is 224 g/mol. The Bertz CT molecular complexity index is 237. The van der Waals surface area contributed by atoms with Gasteiger partial charge < -0.3 is 11.5 Å². The second-order valence-corrected chi connectivity index (χ2v) is 5.05. The molecule has 0 aliphatic rings. The summed E-state index contributed by atoms with van der Waals surface area (Å²) in [5.74, 6) is 1.05. The molecule has 2 nitrogen and oxygen atoms in total. The maximum Gasteiger partial charge on any atom is 0.0305 e. The largest absolute Gasteiger partial charge is 0.399 e. The summed E-state index contributed by atoms with van der Waals surface area (Å²) in [6, 6.07) is 0. The number of allylic oxidation sites excluding steroid dienone is 3. The van der Waals surface area contributed by atoms with E-state index in [1.807, 2.05) is 0 Å². The summed E-state index contributed by atoms with van der Waals surface area (Å²) in [4.78, 5) is 0. The molecule has 0 saturated heterocycles. The van der Waals surface area contributed by atoms with E-state index in [1.54, 1.807) is 0 Å². The van der Waals surface area contributed by atoms with Gasteiger partial charge in [0.25, 0.3) is 0 Å². The average Bonchev–Trinajstić information content (AvgIpc) is 2.14. The van der Waals surface area contributed by atoms with Crippen LogP contribution in [-0.4, -0.2) is 6.54 Å². The Morgan fingerprint density at radius 3 is 2.00 bits per heavy atom. The van der Waals surface area contributed by atoms with E-state index in [1.165, 1.54) is 5.57 Å². The van der Waals surface area contributed by atoms with Crippen molar-refractivity contribution in [3.63, 3.8) is 0 Å². The van der Waals surface area contributed by atoms with E-state index >= 15 is 0 Å². The van der Waals surface area contributed by atoms with Gasteiger partial charge >= 0.3 is 0 Å². The van der Waals surface area contributed by atoms with Crippen LogP contribution < -0.4 is 11.5 Å². The first-order valence-electron chi connectivity index (χ1n) is 6.35. The first kappa shape index (κ1) is 15.2. The van der Waals surface area contributed by atoms with Crippen molar-refractivity contribution < 1.29 is 0 Å². The van der Waals surface area contributed by atoms with Crippen LogP contribution in [0.5, 0.6) is 0 Å². The summed E-state index contributed by atoms with van der Waals surface area (Å²) >= 11 is 0. The molecule has 2 heteroatoms. The third-order valence-electron chi connectivity index (χ3n) is 2.32. The number of hydrogen-bond donors (Lipinski definition) is 2. The molecule has 16 heavy (non-hydrogen) atoms. The normalized spacial score (nSPS) is 13.9. The fourth-order valence-electron chi connectivity index (χ4n) is 1.65. The summed E-state index contributed by atoms with van der Waals surface area (Å²) in [5, 5.41) is 0. The molecule has 0 fully saturated rings. The summed E-state index contributed by atoms with van der Waals surface area (Å²) in [6.07, 6.45) is 7.65. The molecule has 0 spiro atoms. The maximum absolute atomic E-state index is 6.11. The second-order valence-electron chi connectivity index (χ2n) is 5.05. The van der Waals surface area contributed by atoms with Crippen LogP contribution in [0.15, 0.2) is 23.4 Å². The Morgan fingerprint density at radius 1 is 1.00 bits per heavy atom. The molecule has 0 aromatic rings. The molecule has 0 saturated carbocycles. The van der Waals surface area contributed by atoms with E-state index in [2.05, 4.69) is 39.8 Å². The zero-order valence-corrected chi connectivity index (χ0v) is 11.3. The van der Waals surface area contributed by atoms with Crippen molar-refractivity contribution in [2.75, 3.05) is 6.54 Å². The van der Waals surface area contributed by atoms with E-state index in [4.69, 9.17) is 11.5 Å². The van der Waals surface area contributed by atoms with Gasteiger partial charge in [0, 0.05) is 5.70 Å². The molecule has 0 aromatic carbocycles. The van der Waals surface area contributed by atoms with E-state index in [9.17, 15) is 0 Å². The third-order valence-corrected chi connectivity index (χ3v) is 2.32. The number of unbranched alkanes of at least 4 members (excludes halogenated alkanes) is 1. The SMILES string of the molecule is CC(C)C=C(N)C(=CC(C)C)CCCCN. The van der Waals surface area contributed by atoms with Gasteiger partial charge in [0.05, 0.1) is 0 Å². The summed E-state index contributed by atoms with van der Waals surface area (Å²) in [7, 11) is 0. The van der Waals surface area contributed by atoms with Crippen molar-refractivity contribution in [3.8, 4) is 0 Å².